The molecule has 0 heterocycles. The molecule has 0 aliphatic carbocycles. The number of carbonyl (C=O) groups excluding carboxylic acids is 1. The molecular weight excluding hydrogens is 350 g/mol. The van der Waals surface area contributed by atoms with Crippen molar-refractivity contribution in [2.45, 2.75) is 65.7 Å². The largest absolute Gasteiger partial charge is 0.396 e. The Balaban J connectivity index is 2.70. The first-order valence-electron chi connectivity index (χ1n) is 9.91. The Morgan fingerprint density at radius 2 is 1.81 bits per heavy atom. The Morgan fingerprint density at radius 3 is 2.44 bits per heavy atom. The summed E-state index contributed by atoms with van der Waals surface area (Å²) >= 11 is 0. The molecule has 0 unspecified atom stereocenters. The van der Waals surface area contributed by atoms with Gasteiger partial charge in [-0.3, -0.25) is 0 Å². The van der Waals surface area contributed by atoms with Crippen LogP contribution in [0.15, 0.2) is 18.2 Å². The number of urea groups is 1. The van der Waals surface area contributed by atoms with Gasteiger partial charge in [-0.15, -0.1) is 0 Å². The zero-order valence-corrected chi connectivity index (χ0v) is 16.9. The average molecular weight is 385 g/mol. The SMILES string of the molecule is CCCCCCCN(CCC(C)(C)CCO)C(=O)Nc1ccc(F)cc1F. The number of amides is 2. The minimum atomic E-state index is -0.785. The number of rotatable bonds is 12. The van der Waals surface area contributed by atoms with Gasteiger partial charge in [0.1, 0.15) is 11.6 Å². The van der Waals surface area contributed by atoms with E-state index >= 15 is 0 Å². The normalized spacial score (nSPS) is 11.5. The molecule has 2 N–H and O–H groups in total. The number of halogens is 2. The summed E-state index contributed by atoms with van der Waals surface area (Å²) in [7, 11) is 0. The Morgan fingerprint density at radius 1 is 1.11 bits per heavy atom. The van der Waals surface area contributed by atoms with Gasteiger partial charge in [-0.2, -0.15) is 0 Å². The summed E-state index contributed by atoms with van der Waals surface area (Å²) < 4.78 is 26.9. The number of benzene rings is 1. The molecule has 0 atom stereocenters. The van der Waals surface area contributed by atoms with Gasteiger partial charge in [0.15, 0.2) is 0 Å². The topological polar surface area (TPSA) is 52.6 Å². The lowest BCUT2D eigenvalue weighted by Crippen LogP contribution is -2.38. The van der Waals surface area contributed by atoms with Crippen molar-refractivity contribution in [1.82, 2.24) is 4.90 Å². The molecule has 6 heteroatoms. The van der Waals surface area contributed by atoms with E-state index in [1.54, 1.807) is 4.90 Å². The molecule has 154 valence electrons. The molecule has 0 radical (unpaired) electrons. The lowest BCUT2D eigenvalue weighted by atomic mass is 9.86. The van der Waals surface area contributed by atoms with Gasteiger partial charge < -0.3 is 15.3 Å². The fraction of sp³-hybridized carbons (Fsp3) is 0.667. The van der Waals surface area contributed by atoms with Crippen LogP contribution in [0, 0.1) is 17.0 Å². The van der Waals surface area contributed by atoms with Gasteiger partial charge >= 0.3 is 6.03 Å². The molecule has 27 heavy (non-hydrogen) atoms. The molecule has 1 rings (SSSR count). The third-order valence-electron chi connectivity index (χ3n) is 4.84. The number of hydrogen-bond donors (Lipinski definition) is 2. The molecule has 0 saturated carbocycles. The second-order valence-electron chi connectivity index (χ2n) is 7.84. The van der Waals surface area contributed by atoms with Gasteiger partial charge in [0, 0.05) is 25.8 Å². The van der Waals surface area contributed by atoms with Crippen molar-refractivity contribution < 1.29 is 18.7 Å². The van der Waals surface area contributed by atoms with Gasteiger partial charge in [-0.25, -0.2) is 13.6 Å². The maximum Gasteiger partial charge on any atom is 0.321 e. The molecule has 1 aromatic rings. The number of anilines is 1. The fourth-order valence-electron chi connectivity index (χ4n) is 2.87. The van der Waals surface area contributed by atoms with Crippen LogP contribution in [0.2, 0.25) is 0 Å². The second-order valence-corrected chi connectivity index (χ2v) is 7.84. The van der Waals surface area contributed by atoms with E-state index in [1.807, 2.05) is 0 Å². The second kappa shape index (κ2) is 11.9. The van der Waals surface area contributed by atoms with Crippen molar-refractivity contribution in [3.8, 4) is 0 Å². The summed E-state index contributed by atoms with van der Waals surface area (Å²) in [5, 5.41) is 11.7. The first-order valence-corrected chi connectivity index (χ1v) is 9.91. The van der Waals surface area contributed by atoms with Crippen LogP contribution in [0.5, 0.6) is 0 Å². The van der Waals surface area contributed by atoms with Gasteiger partial charge in [0.25, 0.3) is 0 Å². The molecule has 0 aliphatic heterocycles. The molecule has 0 spiro atoms. The van der Waals surface area contributed by atoms with Crippen LogP contribution < -0.4 is 5.32 Å². The minimum absolute atomic E-state index is 0.0213. The van der Waals surface area contributed by atoms with Crippen molar-refractivity contribution in [2.24, 2.45) is 5.41 Å². The number of unbranched alkanes of at least 4 members (excludes halogenated alkanes) is 4. The van der Waals surface area contributed by atoms with Crippen LogP contribution in [0.4, 0.5) is 19.3 Å². The molecule has 0 saturated heterocycles. The molecule has 0 bridgehead atoms. The highest BCUT2D eigenvalue weighted by Gasteiger charge is 2.21. The van der Waals surface area contributed by atoms with Crippen LogP contribution in [0.3, 0.4) is 0 Å². The van der Waals surface area contributed by atoms with Gasteiger partial charge in [-0.1, -0.05) is 46.5 Å². The van der Waals surface area contributed by atoms with Crippen LogP contribution in [-0.4, -0.2) is 35.7 Å². The molecular formula is C21H34F2N2O2. The van der Waals surface area contributed by atoms with E-state index in [-0.39, 0.29) is 23.7 Å². The summed E-state index contributed by atoms with van der Waals surface area (Å²) in [6.07, 6.45) is 6.80. The van der Waals surface area contributed by atoms with Crippen LogP contribution in [-0.2, 0) is 0 Å². The zero-order chi connectivity index (χ0) is 20.3. The van der Waals surface area contributed by atoms with Crippen molar-refractivity contribution >= 4 is 11.7 Å². The van der Waals surface area contributed by atoms with Crippen molar-refractivity contribution in [3.63, 3.8) is 0 Å². The van der Waals surface area contributed by atoms with Crippen molar-refractivity contribution in [2.75, 3.05) is 25.0 Å². The predicted molar refractivity (Wildman–Crippen MR) is 106 cm³/mol. The summed E-state index contributed by atoms with van der Waals surface area (Å²) in [5.74, 6) is -1.46. The molecule has 1 aromatic carbocycles. The van der Waals surface area contributed by atoms with Gasteiger partial charge in [0.2, 0.25) is 0 Å². The maximum atomic E-state index is 13.8. The number of aliphatic hydroxyl groups is 1. The third kappa shape index (κ3) is 9.18. The van der Waals surface area contributed by atoms with Crippen molar-refractivity contribution in [3.05, 3.63) is 29.8 Å². The Bertz CT molecular complexity index is 579. The Labute approximate surface area is 162 Å². The molecule has 0 aromatic heterocycles. The van der Waals surface area contributed by atoms with E-state index in [4.69, 9.17) is 0 Å². The number of aliphatic hydroxyl groups excluding tert-OH is 1. The lowest BCUT2D eigenvalue weighted by Gasteiger charge is -2.29. The molecule has 0 aliphatic rings. The molecule has 0 fully saturated rings. The number of nitrogens with zero attached hydrogens (tertiary/aromatic N) is 1. The van der Waals surface area contributed by atoms with E-state index in [9.17, 15) is 18.7 Å². The quantitative estimate of drug-likeness (QED) is 0.463. The first-order chi connectivity index (χ1) is 12.8. The average Bonchev–Trinajstić information content (AvgIpc) is 2.59. The monoisotopic (exact) mass is 384 g/mol. The molecule has 4 nitrogen and oxygen atoms in total. The summed E-state index contributed by atoms with van der Waals surface area (Å²) in [4.78, 5) is 14.3. The van der Waals surface area contributed by atoms with Gasteiger partial charge in [-0.05, 0) is 36.8 Å². The first kappa shape index (κ1) is 23.3. The lowest BCUT2D eigenvalue weighted by molar-refractivity contribution is 0.173. The van der Waals surface area contributed by atoms with E-state index in [0.717, 1.165) is 44.2 Å². The van der Waals surface area contributed by atoms with E-state index in [2.05, 4.69) is 26.1 Å². The zero-order valence-electron chi connectivity index (χ0n) is 16.9. The highest BCUT2D eigenvalue weighted by Crippen LogP contribution is 2.25. The Kier molecular flexibility index (Phi) is 10.3. The summed E-state index contributed by atoms with van der Waals surface area (Å²) in [6, 6.07) is 2.74. The smallest absolute Gasteiger partial charge is 0.321 e. The van der Waals surface area contributed by atoms with Crippen LogP contribution in [0.1, 0.15) is 65.7 Å². The van der Waals surface area contributed by atoms with E-state index in [0.29, 0.717) is 19.5 Å². The summed E-state index contributed by atoms with van der Waals surface area (Å²) in [5.41, 5.74) is -0.108. The number of carbonyl (C=O) groups is 1. The third-order valence-corrected chi connectivity index (χ3v) is 4.84. The van der Waals surface area contributed by atoms with Crippen LogP contribution >= 0.6 is 0 Å². The fourth-order valence-corrected chi connectivity index (χ4v) is 2.87. The van der Waals surface area contributed by atoms with E-state index < -0.39 is 11.6 Å². The molecule has 2 amide bonds. The van der Waals surface area contributed by atoms with Crippen LogP contribution in [0.25, 0.3) is 0 Å². The van der Waals surface area contributed by atoms with Gasteiger partial charge in [0.05, 0.1) is 5.69 Å². The highest BCUT2D eigenvalue weighted by molar-refractivity contribution is 5.89. The summed E-state index contributed by atoms with van der Waals surface area (Å²) in [6.45, 7) is 7.49. The van der Waals surface area contributed by atoms with Crippen molar-refractivity contribution in [1.29, 1.82) is 0 Å². The maximum absolute atomic E-state index is 13.8. The minimum Gasteiger partial charge on any atom is -0.396 e. The number of hydrogen-bond acceptors (Lipinski definition) is 2. The van der Waals surface area contributed by atoms with E-state index in [1.165, 1.54) is 12.5 Å². The Hall–Kier alpha value is -1.69. The standard InChI is InChI=1S/C21H34F2N2O2/c1-4-5-6-7-8-13-25(14-11-21(2,3)12-15-26)20(27)24-19-10-9-17(22)16-18(19)23/h9-10,16,26H,4-8,11-15H2,1-3H3,(H,24,27). The highest BCUT2D eigenvalue weighted by atomic mass is 19.1. The predicted octanol–water partition coefficient (Wildman–Crippen LogP) is 5.57. The number of nitrogens with one attached hydrogen (secondary N) is 1.